The Morgan fingerprint density at radius 1 is 1.12 bits per heavy atom. The third-order valence-electron chi connectivity index (χ3n) is 6.20. The maximum absolute atomic E-state index is 11.9. The molecule has 2 fully saturated rings. The number of nitrogens with zero attached hydrogens (tertiary/aromatic N) is 2. The van der Waals surface area contributed by atoms with Crippen molar-refractivity contribution >= 4 is 5.69 Å². The fourth-order valence-corrected chi connectivity index (χ4v) is 4.60. The molecule has 2 heterocycles. The van der Waals surface area contributed by atoms with E-state index in [0.29, 0.717) is 6.04 Å². The van der Waals surface area contributed by atoms with Gasteiger partial charge in [0.15, 0.2) is 0 Å². The predicted octanol–water partition coefficient (Wildman–Crippen LogP) is 3.99. The number of fused-ring (bicyclic) bond motifs is 1. The molecular weight excluding hydrogens is 320 g/mol. The first-order chi connectivity index (χ1) is 12.5. The van der Waals surface area contributed by atoms with Crippen LogP contribution in [0.4, 0.5) is 5.69 Å². The number of aliphatic hydroxyl groups is 1. The molecule has 3 unspecified atom stereocenters. The fourth-order valence-electron chi connectivity index (χ4n) is 4.60. The fraction of sp³-hybridized carbons (Fsp3) is 0.391. The lowest BCUT2D eigenvalue weighted by atomic mass is 9.87. The second-order valence-corrected chi connectivity index (χ2v) is 7.72. The van der Waals surface area contributed by atoms with Crippen LogP contribution in [0.2, 0.25) is 0 Å². The number of benzene rings is 2. The van der Waals surface area contributed by atoms with Crippen LogP contribution in [0.1, 0.15) is 29.5 Å². The molecule has 2 aliphatic heterocycles. The highest BCUT2D eigenvalue weighted by atomic mass is 16.3. The van der Waals surface area contributed by atoms with E-state index in [0.717, 1.165) is 24.3 Å². The van der Waals surface area contributed by atoms with E-state index in [9.17, 15) is 5.11 Å². The summed E-state index contributed by atoms with van der Waals surface area (Å²) in [6, 6.07) is 17.2. The van der Waals surface area contributed by atoms with Gasteiger partial charge in [0.05, 0.1) is 0 Å². The van der Waals surface area contributed by atoms with Crippen molar-refractivity contribution in [3.05, 3.63) is 77.9 Å². The van der Waals surface area contributed by atoms with E-state index in [2.05, 4.69) is 72.7 Å². The van der Waals surface area contributed by atoms with Crippen LogP contribution in [0, 0.1) is 13.8 Å². The van der Waals surface area contributed by atoms with Gasteiger partial charge in [-0.3, -0.25) is 4.90 Å². The lowest BCUT2D eigenvalue weighted by molar-refractivity contribution is 0.00276. The van der Waals surface area contributed by atoms with E-state index in [4.69, 9.17) is 0 Å². The van der Waals surface area contributed by atoms with Crippen LogP contribution in [-0.4, -0.2) is 35.3 Å². The van der Waals surface area contributed by atoms with E-state index < -0.39 is 5.60 Å². The molecular formula is C23H28N2O. The van der Waals surface area contributed by atoms with Gasteiger partial charge in [0.2, 0.25) is 0 Å². The summed E-state index contributed by atoms with van der Waals surface area (Å²) in [5, 5.41) is 11.9. The maximum Gasteiger partial charge on any atom is 0.141 e. The Kier molecular flexibility index (Phi) is 4.37. The van der Waals surface area contributed by atoms with Crippen molar-refractivity contribution in [1.29, 1.82) is 0 Å². The van der Waals surface area contributed by atoms with Gasteiger partial charge in [0, 0.05) is 24.8 Å². The molecule has 2 saturated heterocycles. The Bertz CT molecular complexity index is 803. The van der Waals surface area contributed by atoms with Gasteiger partial charge in [0.1, 0.15) is 11.8 Å². The van der Waals surface area contributed by atoms with Crippen LogP contribution in [0.5, 0.6) is 0 Å². The van der Waals surface area contributed by atoms with E-state index in [1.165, 1.54) is 24.0 Å². The summed E-state index contributed by atoms with van der Waals surface area (Å²) < 4.78 is 0. The zero-order chi connectivity index (χ0) is 18.3. The molecule has 0 aliphatic carbocycles. The Labute approximate surface area is 156 Å². The predicted molar refractivity (Wildman–Crippen MR) is 107 cm³/mol. The Morgan fingerprint density at radius 2 is 1.88 bits per heavy atom. The highest BCUT2D eigenvalue weighted by Gasteiger charge is 2.51. The molecule has 1 N–H and O–H groups in total. The summed E-state index contributed by atoms with van der Waals surface area (Å²) in [6.45, 7) is 10.2. The zero-order valence-electron chi connectivity index (χ0n) is 15.7. The van der Waals surface area contributed by atoms with Crippen molar-refractivity contribution in [2.75, 3.05) is 18.0 Å². The number of hydrogen-bond acceptors (Lipinski definition) is 3. The summed E-state index contributed by atoms with van der Waals surface area (Å²) >= 11 is 0. The second kappa shape index (κ2) is 6.57. The smallest absolute Gasteiger partial charge is 0.141 e. The van der Waals surface area contributed by atoms with Gasteiger partial charge in [-0.2, -0.15) is 0 Å². The van der Waals surface area contributed by atoms with E-state index in [1.807, 2.05) is 6.07 Å². The summed E-state index contributed by atoms with van der Waals surface area (Å²) in [6.07, 6.45) is 4.00. The largest absolute Gasteiger partial charge is 0.377 e. The lowest BCUT2D eigenvalue weighted by Gasteiger charge is -2.42. The first-order valence-corrected chi connectivity index (χ1v) is 9.56. The Morgan fingerprint density at radius 3 is 2.58 bits per heavy atom. The van der Waals surface area contributed by atoms with Gasteiger partial charge < -0.3 is 10.0 Å². The number of rotatable bonds is 4. The summed E-state index contributed by atoms with van der Waals surface area (Å²) in [5.74, 6) is 0. The van der Waals surface area contributed by atoms with Gasteiger partial charge in [-0.25, -0.2) is 0 Å². The molecule has 4 rings (SSSR count). The molecule has 2 aromatic carbocycles. The van der Waals surface area contributed by atoms with Gasteiger partial charge in [0.25, 0.3) is 0 Å². The summed E-state index contributed by atoms with van der Waals surface area (Å²) in [4.78, 5) is 4.84. The average molecular weight is 348 g/mol. The normalized spacial score (nSPS) is 25.1. The van der Waals surface area contributed by atoms with Crippen LogP contribution in [-0.2, 0) is 5.60 Å². The third kappa shape index (κ3) is 2.67. The van der Waals surface area contributed by atoms with Crippen LogP contribution in [0.25, 0.3) is 0 Å². The monoisotopic (exact) mass is 348 g/mol. The number of aryl methyl sites for hydroxylation is 2. The van der Waals surface area contributed by atoms with Gasteiger partial charge in [-0.1, -0.05) is 49.1 Å². The highest BCUT2D eigenvalue weighted by molar-refractivity contribution is 5.51. The van der Waals surface area contributed by atoms with Gasteiger partial charge in [-0.15, -0.1) is 0 Å². The van der Waals surface area contributed by atoms with Crippen LogP contribution >= 0.6 is 0 Å². The van der Waals surface area contributed by atoms with Crippen molar-refractivity contribution < 1.29 is 5.11 Å². The molecule has 2 aliphatic rings. The van der Waals surface area contributed by atoms with Gasteiger partial charge >= 0.3 is 0 Å². The molecule has 0 aromatic heterocycles. The summed E-state index contributed by atoms with van der Waals surface area (Å²) in [7, 11) is 0. The molecule has 0 spiro atoms. The standard InChI is InChI=1S/C23H28N2O/c1-4-23(26,19-13-12-17(2)18(3)15-19)22-24-14-8-11-21(24)16-25(22)20-9-6-5-7-10-20/h4-7,9-10,12-13,15,21-22,26H,1,8,11,14,16H2,2-3H3. The molecule has 0 radical (unpaired) electrons. The minimum atomic E-state index is -1.12. The molecule has 3 nitrogen and oxygen atoms in total. The highest BCUT2D eigenvalue weighted by Crippen LogP contribution is 2.42. The lowest BCUT2D eigenvalue weighted by Crippen LogP contribution is -2.53. The Balaban J connectivity index is 1.81. The third-order valence-corrected chi connectivity index (χ3v) is 6.20. The molecule has 3 heteroatoms. The summed E-state index contributed by atoms with van der Waals surface area (Å²) in [5.41, 5.74) is 3.41. The topological polar surface area (TPSA) is 26.7 Å². The first kappa shape index (κ1) is 17.3. The van der Waals surface area contributed by atoms with Crippen LogP contribution in [0.15, 0.2) is 61.2 Å². The SMILES string of the molecule is C=CC(O)(c1ccc(C)c(C)c1)C1N(c2ccccc2)CC2CCCN21. The number of para-hydroxylation sites is 1. The van der Waals surface area contributed by atoms with E-state index in [-0.39, 0.29) is 6.17 Å². The quantitative estimate of drug-likeness (QED) is 0.847. The molecule has 0 saturated carbocycles. The minimum absolute atomic E-state index is 0.128. The molecule has 3 atom stereocenters. The number of anilines is 1. The van der Waals surface area contributed by atoms with Crippen molar-refractivity contribution in [2.45, 2.75) is 44.5 Å². The average Bonchev–Trinajstić information content (AvgIpc) is 3.25. The van der Waals surface area contributed by atoms with E-state index >= 15 is 0 Å². The Hall–Kier alpha value is -2.10. The van der Waals surface area contributed by atoms with E-state index in [1.54, 1.807) is 6.08 Å². The second-order valence-electron chi connectivity index (χ2n) is 7.72. The van der Waals surface area contributed by atoms with Crippen molar-refractivity contribution in [3.8, 4) is 0 Å². The first-order valence-electron chi connectivity index (χ1n) is 9.56. The van der Waals surface area contributed by atoms with Gasteiger partial charge in [-0.05, 0) is 55.5 Å². The van der Waals surface area contributed by atoms with Crippen molar-refractivity contribution in [3.63, 3.8) is 0 Å². The van der Waals surface area contributed by atoms with Crippen LogP contribution in [0.3, 0.4) is 0 Å². The molecule has 0 amide bonds. The molecule has 26 heavy (non-hydrogen) atoms. The number of hydrogen-bond donors (Lipinski definition) is 1. The zero-order valence-corrected chi connectivity index (χ0v) is 15.7. The molecule has 136 valence electrons. The minimum Gasteiger partial charge on any atom is -0.377 e. The molecule has 2 aromatic rings. The maximum atomic E-state index is 11.9. The van der Waals surface area contributed by atoms with Crippen molar-refractivity contribution in [2.24, 2.45) is 0 Å². The van der Waals surface area contributed by atoms with Crippen molar-refractivity contribution in [1.82, 2.24) is 4.90 Å². The molecule has 0 bridgehead atoms. The van der Waals surface area contributed by atoms with Crippen LogP contribution < -0.4 is 4.90 Å².